The number of nitrogens with zero attached hydrogens (tertiary/aromatic N) is 1. The second kappa shape index (κ2) is 6.64. The molecule has 0 N–H and O–H groups in total. The molecule has 0 atom stereocenters. The Morgan fingerprint density at radius 3 is 2.30 bits per heavy atom. The van der Waals surface area contributed by atoms with Crippen LogP contribution in [0.5, 0.6) is 11.5 Å². The second-order valence-corrected chi connectivity index (χ2v) is 5.09. The first kappa shape index (κ1) is 17.4. The lowest BCUT2D eigenvalue weighted by Crippen LogP contribution is -2.17. The Hall–Kier alpha value is -1.99. The van der Waals surface area contributed by atoms with Crippen molar-refractivity contribution in [3.05, 3.63) is 51.8 Å². The van der Waals surface area contributed by atoms with Crippen molar-refractivity contribution in [2.75, 3.05) is 7.11 Å². The quantitative estimate of drug-likeness (QED) is 0.590. The summed E-state index contributed by atoms with van der Waals surface area (Å²) in [6, 6.07) is 5.75. The fraction of sp³-hybridized carbons (Fsp3) is 0.143. The lowest BCUT2D eigenvalue weighted by atomic mass is 10.1. The molecular weight excluding hydrogens is 358 g/mol. The summed E-state index contributed by atoms with van der Waals surface area (Å²) in [5, 5.41) is 0.151. The first-order chi connectivity index (χ1) is 10.7. The molecule has 2 rings (SSSR count). The molecule has 1 heterocycles. The molecule has 0 bridgehead atoms. The van der Waals surface area contributed by atoms with Gasteiger partial charge in [-0.3, -0.25) is 4.79 Å². The van der Waals surface area contributed by atoms with E-state index in [1.807, 2.05) is 0 Å². The molecule has 2 aromatic rings. The molecule has 122 valence electrons. The molecule has 4 nitrogen and oxygen atoms in total. The number of aromatic nitrogens is 1. The van der Waals surface area contributed by atoms with Crippen molar-refractivity contribution in [3.63, 3.8) is 0 Å². The minimum Gasteiger partial charge on any atom is -0.497 e. The summed E-state index contributed by atoms with van der Waals surface area (Å²) in [7, 11) is 1.25. The van der Waals surface area contributed by atoms with Crippen molar-refractivity contribution in [2.24, 2.45) is 0 Å². The molecule has 0 unspecified atom stereocenters. The van der Waals surface area contributed by atoms with E-state index >= 15 is 0 Å². The predicted octanol–water partition coefficient (Wildman–Crippen LogP) is 4.53. The molecule has 0 fully saturated rings. The van der Waals surface area contributed by atoms with E-state index in [1.165, 1.54) is 25.3 Å². The van der Waals surface area contributed by atoms with Crippen LogP contribution in [0.15, 0.2) is 30.3 Å². The number of benzene rings is 1. The smallest absolute Gasteiger partial charge is 0.497 e. The molecule has 0 aliphatic heterocycles. The maximum atomic E-state index is 12.4. The normalized spacial score (nSPS) is 11.2. The van der Waals surface area contributed by atoms with Crippen molar-refractivity contribution in [2.45, 2.75) is 6.36 Å². The van der Waals surface area contributed by atoms with Gasteiger partial charge in [-0.25, -0.2) is 4.98 Å². The van der Waals surface area contributed by atoms with Gasteiger partial charge in [-0.2, -0.15) is 0 Å². The van der Waals surface area contributed by atoms with Gasteiger partial charge in [0.15, 0.2) is 0 Å². The zero-order valence-electron chi connectivity index (χ0n) is 11.4. The zero-order valence-corrected chi connectivity index (χ0v) is 13.0. The number of halogens is 5. The third kappa shape index (κ3) is 4.74. The second-order valence-electron chi connectivity index (χ2n) is 4.27. The van der Waals surface area contributed by atoms with Crippen LogP contribution in [-0.4, -0.2) is 24.2 Å². The Morgan fingerprint density at radius 1 is 1.09 bits per heavy atom. The van der Waals surface area contributed by atoms with E-state index in [4.69, 9.17) is 27.9 Å². The van der Waals surface area contributed by atoms with Crippen molar-refractivity contribution >= 4 is 29.0 Å². The molecule has 9 heteroatoms. The number of methoxy groups -OCH3 is 1. The highest BCUT2D eigenvalue weighted by atomic mass is 35.5. The third-order valence-corrected chi connectivity index (χ3v) is 3.01. The molecule has 0 aliphatic rings. The molecule has 0 saturated carbocycles. The molecule has 1 aromatic carbocycles. The Balaban J connectivity index is 2.45. The molecule has 0 spiro atoms. The SMILES string of the molecule is COc1cc(OC(F)(F)F)cc(C(=O)c2cc(Cl)cc(Cl)n2)c1. The van der Waals surface area contributed by atoms with E-state index in [0.717, 1.165) is 12.1 Å². The first-order valence-corrected chi connectivity index (χ1v) is 6.76. The van der Waals surface area contributed by atoms with Crippen LogP contribution in [0.1, 0.15) is 16.1 Å². The zero-order chi connectivity index (χ0) is 17.2. The van der Waals surface area contributed by atoms with E-state index in [0.29, 0.717) is 0 Å². The van der Waals surface area contributed by atoms with Gasteiger partial charge in [0.25, 0.3) is 0 Å². The number of alkyl halides is 3. The number of ether oxygens (including phenoxy) is 2. The van der Waals surface area contributed by atoms with Crippen LogP contribution in [0, 0.1) is 0 Å². The minimum atomic E-state index is -4.90. The van der Waals surface area contributed by atoms with Crippen LogP contribution in [0.25, 0.3) is 0 Å². The number of ketones is 1. The van der Waals surface area contributed by atoms with Gasteiger partial charge in [-0.05, 0) is 24.3 Å². The Bertz CT molecular complexity index is 730. The van der Waals surface area contributed by atoms with Crippen molar-refractivity contribution in [1.82, 2.24) is 4.98 Å². The summed E-state index contributed by atoms with van der Waals surface area (Å²) in [5.74, 6) is -1.25. The maximum Gasteiger partial charge on any atom is 0.573 e. The van der Waals surface area contributed by atoms with Gasteiger partial charge in [0.1, 0.15) is 22.3 Å². The fourth-order valence-corrected chi connectivity index (χ4v) is 2.21. The van der Waals surface area contributed by atoms with E-state index < -0.39 is 17.9 Å². The number of carbonyl (C=O) groups excluding carboxylic acids is 1. The topological polar surface area (TPSA) is 48.4 Å². The summed E-state index contributed by atoms with van der Waals surface area (Å²) in [5.41, 5.74) is -0.233. The largest absolute Gasteiger partial charge is 0.573 e. The Morgan fingerprint density at radius 2 is 1.74 bits per heavy atom. The fourth-order valence-electron chi connectivity index (χ4n) is 1.74. The van der Waals surface area contributed by atoms with Crippen molar-refractivity contribution in [3.8, 4) is 11.5 Å². The number of hydrogen-bond donors (Lipinski definition) is 0. The summed E-state index contributed by atoms with van der Waals surface area (Å²) >= 11 is 11.5. The molecule has 0 saturated heterocycles. The standard InChI is InChI=1S/C14H8Cl2F3NO3/c1-22-9-2-7(3-10(6-9)23-14(17,18)19)13(21)11-4-8(15)5-12(16)20-11/h2-6H,1H3. The summed E-state index contributed by atoms with van der Waals surface area (Å²) in [4.78, 5) is 16.2. The highest BCUT2D eigenvalue weighted by molar-refractivity contribution is 6.34. The summed E-state index contributed by atoms with van der Waals surface area (Å²) in [6.07, 6.45) is -4.90. The van der Waals surface area contributed by atoms with Crippen LogP contribution in [0.2, 0.25) is 10.2 Å². The molecular formula is C14H8Cl2F3NO3. The third-order valence-electron chi connectivity index (χ3n) is 2.60. The lowest BCUT2D eigenvalue weighted by Gasteiger charge is -2.12. The lowest BCUT2D eigenvalue weighted by molar-refractivity contribution is -0.274. The molecule has 0 amide bonds. The van der Waals surface area contributed by atoms with E-state index in [-0.39, 0.29) is 27.2 Å². The Kier molecular flexibility index (Phi) is 5.01. The van der Waals surface area contributed by atoms with Gasteiger partial charge in [-0.1, -0.05) is 23.2 Å². The van der Waals surface area contributed by atoms with E-state index in [9.17, 15) is 18.0 Å². The maximum absolute atomic E-state index is 12.4. The first-order valence-electron chi connectivity index (χ1n) is 6.00. The predicted molar refractivity (Wildman–Crippen MR) is 77.4 cm³/mol. The minimum absolute atomic E-state index is 0.0169. The van der Waals surface area contributed by atoms with Gasteiger partial charge < -0.3 is 9.47 Å². The van der Waals surface area contributed by atoms with Gasteiger partial charge in [0.05, 0.1) is 7.11 Å². The van der Waals surface area contributed by atoms with E-state index in [2.05, 4.69) is 9.72 Å². The molecule has 1 aromatic heterocycles. The highest BCUT2D eigenvalue weighted by Gasteiger charge is 2.31. The number of rotatable bonds is 4. The van der Waals surface area contributed by atoms with Gasteiger partial charge >= 0.3 is 6.36 Å². The van der Waals surface area contributed by atoms with Crippen molar-refractivity contribution < 1.29 is 27.4 Å². The average molecular weight is 366 g/mol. The molecule has 23 heavy (non-hydrogen) atoms. The monoisotopic (exact) mass is 365 g/mol. The van der Waals surface area contributed by atoms with Crippen LogP contribution in [0.4, 0.5) is 13.2 Å². The molecule has 0 radical (unpaired) electrons. The highest BCUT2D eigenvalue weighted by Crippen LogP contribution is 2.29. The van der Waals surface area contributed by atoms with Crippen LogP contribution in [0.3, 0.4) is 0 Å². The summed E-state index contributed by atoms with van der Waals surface area (Å²) < 4.78 is 45.7. The van der Waals surface area contributed by atoms with E-state index in [1.54, 1.807) is 0 Å². The number of carbonyl (C=O) groups is 1. The van der Waals surface area contributed by atoms with Gasteiger partial charge in [0, 0.05) is 16.7 Å². The number of hydrogen-bond acceptors (Lipinski definition) is 4. The van der Waals surface area contributed by atoms with Gasteiger partial charge in [0.2, 0.25) is 5.78 Å². The average Bonchev–Trinajstić information content (AvgIpc) is 2.43. The van der Waals surface area contributed by atoms with Crippen LogP contribution >= 0.6 is 23.2 Å². The summed E-state index contributed by atoms with van der Waals surface area (Å²) in [6.45, 7) is 0. The van der Waals surface area contributed by atoms with Crippen molar-refractivity contribution in [1.29, 1.82) is 0 Å². The number of pyridine rings is 1. The Labute approximate surface area is 138 Å². The molecule has 0 aliphatic carbocycles. The van der Waals surface area contributed by atoms with Crippen LogP contribution < -0.4 is 9.47 Å². The van der Waals surface area contributed by atoms with Crippen LogP contribution in [-0.2, 0) is 0 Å². The van der Waals surface area contributed by atoms with Gasteiger partial charge in [-0.15, -0.1) is 13.2 Å².